The normalized spacial score (nSPS) is 12.2. The van der Waals surface area contributed by atoms with Crippen LogP contribution in [0.1, 0.15) is 387 Å². The first kappa shape index (κ1) is 75.6. The Kier molecular flexibility index (Phi) is 65.1. The first-order valence-electron chi connectivity index (χ1n) is 35.0. The van der Waals surface area contributed by atoms with Gasteiger partial charge in [-0.05, 0) is 57.8 Å². The number of unbranched alkanes of at least 4 members (excludes halogenated alkanes) is 48. The van der Waals surface area contributed by atoms with Gasteiger partial charge in [-0.2, -0.15) is 0 Å². The van der Waals surface area contributed by atoms with Gasteiger partial charge in [0, 0.05) is 19.3 Å². The molecule has 0 fully saturated rings. The van der Waals surface area contributed by atoms with Crippen LogP contribution in [0.2, 0.25) is 0 Å². The lowest BCUT2D eigenvalue weighted by molar-refractivity contribution is -0.167. The Morgan fingerprint density at radius 1 is 0.256 bits per heavy atom. The van der Waals surface area contributed by atoms with Gasteiger partial charge in [0.05, 0.1) is 0 Å². The van der Waals surface area contributed by atoms with Crippen molar-refractivity contribution in [2.24, 2.45) is 0 Å². The summed E-state index contributed by atoms with van der Waals surface area (Å²) in [6.45, 7) is 6.66. The highest BCUT2D eigenvalue weighted by Gasteiger charge is 2.19. The monoisotopic (exact) mass is 1100 g/mol. The van der Waals surface area contributed by atoms with Crippen molar-refractivity contribution < 1.29 is 28.6 Å². The summed E-state index contributed by atoms with van der Waals surface area (Å²) in [5.41, 5.74) is 0. The minimum absolute atomic E-state index is 0.0684. The van der Waals surface area contributed by atoms with E-state index in [0.717, 1.165) is 70.6 Å². The SMILES string of the molecule is CCCCCCC/C=C\C/C=C\C/C=C\CCCCCCCCCCCCC(=O)OC(COC(=O)CCCCCCCCCC)COC(=O)CCCCCCCCCCCCCCCCCCCCCCCCCCCCC. The Balaban J connectivity index is 4.08. The van der Waals surface area contributed by atoms with Crippen molar-refractivity contribution in [1.82, 2.24) is 0 Å². The fraction of sp³-hybridized carbons (Fsp3) is 0.875. The van der Waals surface area contributed by atoms with Crippen LogP contribution in [-0.4, -0.2) is 37.2 Å². The van der Waals surface area contributed by atoms with Crippen LogP contribution >= 0.6 is 0 Å². The quantitative estimate of drug-likeness (QED) is 0.0261. The van der Waals surface area contributed by atoms with Gasteiger partial charge < -0.3 is 14.2 Å². The molecule has 0 aromatic heterocycles. The third-order valence-electron chi connectivity index (χ3n) is 15.9. The first-order valence-corrected chi connectivity index (χ1v) is 35.0. The highest BCUT2D eigenvalue weighted by atomic mass is 16.6. The predicted octanol–water partition coefficient (Wildman–Crippen LogP) is 23.9. The molecule has 0 saturated heterocycles. The second kappa shape index (κ2) is 67.1. The molecular formula is C72H134O6. The molecule has 0 aliphatic carbocycles. The average molecular weight is 1100 g/mol. The van der Waals surface area contributed by atoms with Gasteiger partial charge in [-0.15, -0.1) is 0 Å². The maximum Gasteiger partial charge on any atom is 0.306 e. The van der Waals surface area contributed by atoms with Crippen LogP contribution < -0.4 is 0 Å². The lowest BCUT2D eigenvalue weighted by Gasteiger charge is -2.18. The number of hydrogen-bond donors (Lipinski definition) is 0. The minimum atomic E-state index is -0.770. The van der Waals surface area contributed by atoms with Gasteiger partial charge in [-0.25, -0.2) is 0 Å². The summed E-state index contributed by atoms with van der Waals surface area (Å²) in [5, 5.41) is 0. The average Bonchev–Trinajstić information content (AvgIpc) is 3.44. The van der Waals surface area contributed by atoms with Gasteiger partial charge in [-0.3, -0.25) is 14.4 Å². The molecule has 0 amide bonds. The molecule has 6 nitrogen and oxygen atoms in total. The van der Waals surface area contributed by atoms with E-state index < -0.39 is 6.10 Å². The minimum Gasteiger partial charge on any atom is -0.462 e. The summed E-state index contributed by atoms with van der Waals surface area (Å²) in [6, 6.07) is 0. The van der Waals surface area contributed by atoms with Gasteiger partial charge in [-0.1, -0.05) is 346 Å². The van der Waals surface area contributed by atoms with E-state index >= 15 is 0 Å². The molecule has 0 rings (SSSR count). The number of esters is 3. The summed E-state index contributed by atoms with van der Waals surface area (Å²) in [7, 11) is 0. The third kappa shape index (κ3) is 64.5. The second-order valence-electron chi connectivity index (χ2n) is 23.8. The summed E-state index contributed by atoms with van der Waals surface area (Å²) >= 11 is 0. The van der Waals surface area contributed by atoms with Crippen molar-refractivity contribution in [1.29, 1.82) is 0 Å². The van der Waals surface area contributed by atoms with E-state index in [1.54, 1.807) is 0 Å². The van der Waals surface area contributed by atoms with Crippen molar-refractivity contribution in [2.75, 3.05) is 13.2 Å². The molecule has 1 unspecified atom stereocenters. The van der Waals surface area contributed by atoms with Crippen LogP contribution in [-0.2, 0) is 28.6 Å². The number of rotatable bonds is 65. The van der Waals surface area contributed by atoms with E-state index in [0.29, 0.717) is 19.3 Å². The Morgan fingerprint density at radius 3 is 0.718 bits per heavy atom. The standard InChI is InChI=1S/C72H134O6/c1-4-7-10-13-16-19-21-23-25-27-29-31-33-35-36-38-39-41-43-45-47-49-51-53-56-59-62-65-71(74)77-68-69(67-76-70(73)64-61-58-55-18-15-12-9-6-3)78-72(75)66-63-60-57-54-52-50-48-46-44-42-40-37-34-32-30-28-26-24-22-20-17-14-11-8-5-2/h22,24,28,30,34,37,69H,4-21,23,25-27,29,31-33,35-36,38-68H2,1-3H3/b24-22-,30-28-,37-34-. The first-order chi connectivity index (χ1) is 38.5. The predicted molar refractivity (Wildman–Crippen MR) is 339 cm³/mol. The molecule has 0 N–H and O–H groups in total. The van der Waals surface area contributed by atoms with E-state index in [4.69, 9.17) is 14.2 Å². The van der Waals surface area contributed by atoms with Gasteiger partial charge in [0.1, 0.15) is 13.2 Å². The van der Waals surface area contributed by atoms with Crippen molar-refractivity contribution in [3.05, 3.63) is 36.5 Å². The van der Waals surface area contributed by atoms with Crippen molar-refractivity contribution in [3.63, 3.8) is 0 Å². The second-order valence-corrected chi connectivity index (χ2v) is 23.8. The molecule has 0 bridgehead atoms. The van der Waals surface area contributed by atoms with Crippen LogP contribution in [0.5, 0.6) is 0 Å². The number of allylic oxidation sites excluding steroid dienone is 6. The molecule has 0 aromatic rings. The van der Waals surface area contributed by atoms with Crippen LogP contribution in [0.3, 0.4) is 0 Å². The molecule has 458 valence electrons. The Labute approximate surface area is 486 Å². The van der Waals surface area contributed by atoms with Crippen molar-refractivity contribution >= 4 is 17.9 Å². The lowest BCUT2D eigenvalue weighted by Crippen LogP contribution is -2.30. The zero-order chi connectivity index (χ0) is 56.4. The zero-order valence-corrected chi connectivity index (χ0v) is 52.7. The molecule has 78 heavy (non-hydrogen) atoms. The van der Waals surface area contributed by atoms with E-state index in [-0.39, 0.29) is 31.1 Å². The summed E-state index contributed by atoms with van der Waals surface area (Å²) in [5.74, 6) is -0.851. The molecule has 0 aliphatic rings. The highest BCUT2D eigenvalue weighted by molar-refractivity contribution is 5.71. The van der Waals surface area contributed by atoms with Gasteiger partial charge in [0.25, 0.3) is 0 Å². The number of ether oxygens (including phenoxy) is 3. The topological polar surface area (TPSA) is 78.9 Å². The lowest BCUT2D eigenvalue weighted by atomic mass is 10.0. The Hall–Kier alpha value is -2.37. The maximum absolute atomic E-state index is 12.9. The molecule has 1 atom stereocenters. The van der Waals surface area contributed by atoms with E-state index in [1.165, 1.54) is 276 Å². The largest absolute Gasteiger partial charge is 0.462 e. The Bertz CT molecular complexity index is 1300. The summed E-state index contributed by atoms with van der Waals surface area (Å²) < 4.78 is 16.9. The van der Waals surface area contributed by atoms with Crippen LogP contribution in [0, 0.1) is 0 Å². The van der Waals surface area contributed by atoms with Crippen molar-refractivity contribution in [3.8, 4) is 0 Å². The smallest absolute Gasteiger partial charge is 0.306 e. The molecule has 6 heteroatoms. The van der Waals surface area contributed by atoms with Crippen molar-refractivity contribution in [2.45, 2.75) is 393 Å². The summed E-state index contributed by atoms with van der Waals surface area (Å²) in [6.07, 6.45) is 83.4. The highest BCUT2D eigenvalue weighted by Crippen LogP contribution is 2.18. The molecule has 0 aromatic carbocycles. The Morgan fingerprint density at radius 2 is 0.462 bits per heavy atom. The third-order valence-corrected chi connectivity index (χ3v) is 15.9. The summed E-state index contributed by atoms with van der Waals surface area (Å²) in [4.78, 5) is 38.2. The molecule has 0 spiro atoms. The van der Waals surface area contributed by atoms with Crippen LogP contribution in [0.15, 0.2) is 36.5 Å². The number of hydrogen-bond acceptors (Lipinski definition) is 6. The van der Waals surface area contributed by atoms with Gasteiger partial charge in [0.2, 0.25) is 0 Å². The van der Waals surface area contributed by atoms with E-state index in [2.05, 4.69) is 57.2 Å². The fourth-order valence-electron chi connectivity index (χ4n) is 10.6. The fourth-order valence-corrected chi connectivity index (χ4v) is 10.6. The van der Waals surface area contributed by atoms with Crippen LogP contribution in [0.4, 0.5) is 0 Å². The maximum atomic E-state index is 12.9. The zero-order valence-electron chi connectivity index (χ0n) is 52.7. The molecule has 0 saturated carbocycles. The molecule has 0 radical (unpaired) electrons. The molecular weight excluding hydrogens is 961 g/mol. The van der Waals surface area contributed by atoms with E-state index in [9.17, 15) is 14.4 Å². The molecule has 0 aliphatic heterocycles. The number of carbonyl (C=O) groups excluding carboxylic acids is 3. The van der Waals surface area contributed by atoms with Gasteiger partial charge >= 0.3 is 17.9 Å². The van der Waals surface area contributed by atoms with E-state index in [1.807, 2.05) is 0 Å². The number of carbonyl (C=O) groups is 3. The molecule has 0 heterocycles. The van der Waals surface area contributed by atoms with Crippen LogP contribution in [0.25, 0.3) is 0 Å². The van der Waals surface area contributed by atoms with Gasteiger partial charge in [0.15, 0.2) is 6.10 Å².